The van der Waals surface area contributed by atoms with Crippen molar-refractivity contribution < 1.29 is 14.1 Å². The van der Waals surface area contributed by atoms with Crippen LogP contribution in [0.1, 0.15) is 12.5 Å². The van der Waals surface area contributed by atoms with Gasteiger partial charge in [-0.25, -0.2) is 0 Å². The van der Waals surface area contributed by atoms with Gasteiger partial charge in [0.05, 0.1) is 9.95 Å². The number of carbonyl (C=O) groups is 1. The molecular weight excluding hydrogens is 281 g/mol. The molecule has 0 atom stereocenters. The van der Waals surface area contributed by atoms with E-state index in [4.69, 9.17) is 11.6 Å². The van der Waals surface area contributed by atoms with E-state index in [0.717, 1.165) is 23.9 Å². The molecule has 0 aromatic heterocycles. The summed E-state index contributed by atoms with van der Waals surface area (Å²) in [7, 11) is 0. The van der Waals surface area contributed by atoms with E-state index in [1.165, 1.54) is 13.0 Å². The average Bonchev–Trinajstić information content (AvgIpc) is 2.27. The Hall–Kier alpha value is -1.40. The second kappa shape index (κ2) is 6.51. The van der Waals surface area contributed by atoms with Crippen LogP contribution in [0.2, 0.25) is 5.02 Å². The van der Waals surface area contributed by atoms with E-state index in [1.807, 2.05) is 0 Å². The van der Waals surface area contributed by atoms with Gasteiger partial charge in [-0.1, -0.05) is 35.5 Å². The van der Waals surface area contributed by atoms with Crippen LogP contribution in [0, 0.1) is 15.9 Å². The largest absolute Gasteiger partial charge is 0.306 e. The van der Waals surface area contributed by atoms with Crippen LogP contribution in [0.4, 0.5) is 10.1 Å². The van der Waals surface area contributed by atoms with Gasteiger partial charge in [-0.2, -0.15) is 4.39 Å². The molecule has 0 radical (unpaired) electrons. The molecule has 1 aromatic carbocycles. The monoisotopic (exact) mass is 289 g/mol. The molecule has 7 heteroatoms. The molecule has 4 nitrogen and oxygen atoms in total. The van der Waals surface area contributed by atoms with Crippen molar-refractivity contribution in [3.8, 4) is 0 Å². The van der Waals surface area contributed by atoms with Crippen molar-refractivity contribution in [1.29, 1.82) is 0 Å². The number of thioether (sulfide) groups is 1. The maximum absolute atomic E-state index is 13.3. The van der Waals surface area contributed by atoms with Crippen LogP contribution in [-0.2, 0) is 4.79 Å². The summed E-state index contributed by atoms with van der Waals surface area (Å²) in [6.07, 6.45) is 3.16. The lowest BCUT2D eigenvalue weighted by Gasteiger charge is -2.00. The molecule has 0 unspecified atom stereocenters. The summed E-state index contributed by atoms with van der Waals surface area (Å²) in [5.74, 6) is -0.507. The fourth-order valence-corrected chi connectivity index (χ4v) is 1.81. The molecule has 0 aliphatic carbocycles. The van der Waals surface area contributed by atoms with Gasteiger partial charge in [-0.3, -0.25) is 14.9 Å². The highest BCUT2D eigenvalue weighted by atomic mass is 35.5. The zero-order chi connectivity index (χ0) is 13.7. The van der Waals surface area contributed by atoms with Crippen LogP contribution < -0.4 is 0 Å². The Labute approximate surface area is 112 Å². The van der Waals surface area contributed by atoms with Gasteiger partial charge in [0, 0.05) is 18.7 Å². The Morgan fingerprint density at radius 1 is 1.61 bits per heavy atom. The van der Waals surface area contributed by atoms with Crippen LogP contribution >= 0.6 is 23.4 Å². The molecule has 0 spiro atoms. The number of nitro benzene ring substituents is 1. The highest BCUT2D eigenvalue weighted by Crippen LogP contribution is 2.26. The Kier molecular flexibility index (Phi) is 5.30. The summed E-state index contributed by atoms with van der Waals surface area (Å²) in [5, 5.41) is 10.5. The number of nitrogens with zero attached hydrogens (tertiary/aromatic N) is 1. The maximum Gasteiger partial charge on any atom is 0.306 e. The predicted octanol–water partition coefficient (Wildman–Crippen LogP) is 3.68. The first-order chi connectivity index (χ1) is 8.41. The molecule has 0 aliphatic rings. The van der Waals surface area contributed by atoms with E-state index in [0.29, 0.717) is 11.3 Å². The fourth-order valence-electron chi connectivity index (χ4n) is 1.16. The van der Waals surface area contributed by atoms with Crippen LogP contribution in [0.3, 0.4) is 0 Å². The third-order valence-electron chi connectivity index (χ3n) is 1.94. The van der Waals surface area contributed by atoms with Gasteiger partial charge < -0.3 is 0 Å². The number of halogens is 2. The van der Waals surface area contributed by atoms with Gasteiger partial charge in [0.2, 0.25) is 5.82 Å². The highest BCUT2D eigenvalue weighted by Gasteiger charge is 2.16. The summed E-state index contributed by atoms with van der Waals surface area (Å²) < 4.78 is 13.3. The summed E-state index contributed by atoms with van der Waals surface area (Å²) in [5.41, 5.74) is -0.320. The van der Waals surface area contributed by atoms with Crippen molar-refractivity contribution in [3.05, 3.63) is 44.7 Å². The van der Waals surface area contributed by atoms with E-state index < -0.39 is 16.4 Å². The highest BCUT2D eigenvalue weighted by molar-refractivity contribution is 8.13. The second-order valence-corrected chi connectivity index (χ2v) is 4.89. The molecule has 1 aromatic rings. The van der Waals surface area contributed by atoms with Crippen LogP contribution in [0.25, 0.3) is 6.08 Å². The van der Waals surface area contributed by atoms with Crippen LogP contribution in [0.15, 0.2) is 18.2 Å². The minimum atomic E-state index is -0.941. The topological polar surface area (TPSA) is 60.2 Å². The van der Waals surface area contributed by atoms with E-state index in [9.17, 15) is 19.3 Å². The van der Waals surface area contributed by atoms with Crippen molar-refractivity contribution in [3.63, 3.8) is 0 Å². The summed E-state index contributed by atoms with van der Waals surface area (Å²) in [6.45, 7) is 1.44. The number of carbonyl (C=O) groups excluding carboxylic acids is 1. The lowest BCUT2D eigenvalue weighted by Crippen LogP contribution is -1.93. The molecule has 0 N–H and O–H groups in total. The fraction of sp³-hybridized carbons (Fsp3) is 0.182. The molecular formula is C11H9ClFNO3S. The molecule has 0 bridgehead atoms. The molecule has 0 aliphatic heterocycles. The minimum Gasteiger partial charge on any atom is -0.288 e. The summed E-state index contributed by atoms with van der Waals surface area (Å²) in [4.78, 5) is 20.3. The van der Waals surface area contributed by atoms with Crippen molar-refractivity contribution >= 4 is 40.2 Å². The summed E-state index contributed by atoms with van der Waals surface area (Å²) >= 11 is 6.89. The van der Waals surface area contributed by atoms with E-state index >= 15 is 0 Å². The van der Waals surface area contributed by atoms with E-state index in [-0.39, 0.29) is 10.1 Å². The van der Waals surface area contributed by atoms with Crippen molar-refractivity contribution in [1.82, 2.24) is 0 Å². The second-order valence-electron chi connectivity index (χ2n) is 3.29. The first-order valence-electron chi connectivity index (χ1n) is 4.85. The van der Waals surface area contributed by atoms with Crippen molar-refractivity contribution in [2.75, 3.05) is 5.75 Å². The van der Waals surface area contributed by atoms with Gasteiger partial charge >= 0.3 is 5.69 Å². The van der Waals surface area contributed by atoms with Gasteiger partial charge in [0.25, 0.3) is 0 Å². The molecule has 1 rings (SSSR count). The first-order valence-corrected chi connectivity index (χ1v) is 6.21. The Bertz CT molecular complexity index is 519. The molecule has 0 amide bonds. The average molecular weight is 290 g/mol. The third-order valence-corrected chi connectivity index (χ3v) is 3.04. The van der Waals surface area contributed by atoms with Crippen molar-refractivity contribution in [2.24, 2.45) is 0 Å². The smallest absolute Gasteiger partial charge is 0.288 e. The first kappa shape index (κ1) is 14.7. The van der Waals surface area contributed by atoms with Gasteiger partial charge in [0.15, 0.2) is 5.12 Å². The molecule has 0 heterocycles. The quantitative estimate of drug-likeness (QED) is 0.626. The zero-order valence-electron chi connectivity index (χ0n) is 9.35. The minimum absolute atomic E-state index is 0.0272. The standard InChI is InChI=1S/C11H9ClFNO3S/c1-7(15)18-4-2-3-8-5-10(13)11(14(16)17)6-9(8)12/h2-3,5-6H,4H2,1H3. The Morgan fingerprint density at radius 3 is 2.83 bits per heavy atom. The lowest BCUT2D eigenvalue weighted by atomic mass is 10.2. The molecule has 0 saturated heterocycles. The number of benzene rings is 1. The van der Waals surface area contributed by atoms with Crippen LogP contribution in [0.5, 0.6) is 0 Å². The molecule has 96 valence electrons. The maximum atomic E-state index is 13.3. The molecule has 0 fully saturated rings. The normalized spacial score (nSPS) is 10.8. The number of hydrogen-bond acceptors (Lipinski definition) is 4. The third kappa shape index (κ3) is 4.12. The summed E-state index contributed by atoms with van der Waals surface area (Å²) in [6, 6.07) is 1.96. The number of rotatable bonds is 4. The zero-order valence-corrected chi connectivity index (χ0v) is 10.9. The predicted molar refractivity (Wildman–Crippen MR) is 70.2 cm³/mol. The van der Waals surface area contributed by atoms with E-state index in [1.54, 1.807) is 6.08 Å². The molecule has 18 heavy (non-hydrogen) atoms. The van der Waals surface area contributed by atoms with Crippen molar-refractivity contribution in [2.45, 2.75) is 6.92 Å². The molecule has 0 saturated carbocycles. The van der Waals surface area contributed by atoms with Gasteiger partial charge in [0.1, 0.15) is 0 Å². The Balaban J connectivity index is 2.88. The van der Waals surface area contributed by atoms with E-state index in [2.05, 4.69) is 0 Å². The number of hydrogen-bond donors (Lipinski definition) is 0. The van der Waals surface area contributed by atoms with Gasteiger partial charge in [-0.15, -0.1) is 0 Å². The lowest BCUT2D eigenvalue weighted by molar-refractivity contribution is -0.387. The SMILES string of the molecule is CC(=O)SCC=Cc1cc(F)c([N+](=O)[O-])cc1Cl. The number of nitro groups is 1. The van der Waals surface area contributed by atoms with Gasteiger partial charge in [-0.05, 0) is 11.6 Å². The van der Waals surface area contributed by atoms with Crippen LogP contribution in [-0.4, -0.2) is 15.8 Å². The Morgan fingerprint density at radius 2 is 2.28 bits per heavy atom.